The highest BCUT2D eigenvalue weighted by Crippen LogP contribution is 2.36. The molecule has 140 valence electrons. The van der Waals surface area contributed by atoms with Crippen LogP contribution in [0.1, 0.15) is 52.0 Å². The van der Waals surface area contributed by atoms with Crippen LogP contribution in [0.3, 0.4) is 0 Å². The molecule has 0 spiro atoms. The summed E-state index contributed by atoms with van der Waals surface area (Å²) in [6.45, 7) is 9.80. The molecule has 0 radical (unpaired) electrons. The molecule has 0 aliphatic carbocycles. The molecule has 1 N–H and O–H groups in total. The summed E-state index contributed by atoms with van der Waals surface area (Å²) >= 11 is 3.53. The highest BCUT2D eigenvalue weighted by molar-refractivity contribution is 9.10. The lowest BCUT2D eigenvalue weighted by Crippen LogP contribution is -2.51. The van der Waals surface area contributed by atoms with Crippen LogP contribution in [0.25, 0.3) is 0 Å². The van der Waals surface area contributed by atoms with Crippen molar-refractivity contribution in [2.75, 3.05) is 13.2 Å². The smallest absolute Gasteiger partial charge is 0.407 e. The second-order valence-corrected chi connectivity index (χ2v) is 8.96. The highest BCUT2D eigenvalue weighted by Gasteiger charge is 2.38. The molecular weight excluding hydrogens is 382 g/mol. The Balaban J connectivity index is 1.83. The Morgan fingerprint density at radius 3 is 2.76 bits per heavy atom. The molecule has 0 bridgehead atoms. The van der Waals surface area contributed by atoms with Crippen LogP contribution in [0.2, 0.25) is 0 Å². The number of carbonyl (C=O) groups is 1. The van der Waals surface area contributed by atoms with Gasteiger partial charge in [-0.3, -0.25) is 0 Å². The minimum Gasteiger partial charge on any atom is -0.493 e. The first-order valence-electron chi connectivity index (χ1n) is 9.07. The Hall–Kier alpha value is -1.23. The molecule has 1 saturated heterocycles. The highest BCUT2D eigenvalue weighted by atomic mass is 79.9. The first kappa shape index (κ1) is 20.1. The lowest BCUT2D eigenvalue weighted by atomic mass is 9.76. The van der Waals surface area contributed by atoms with Crippen LogP contribution < -0.4 is 4.74 Å². The van der Waals surface area contributed by atoms with Crippen LogP contribution in [-0.2, 0) is 0 Å². The molecule has 4 nitrogen and oxygen atoms in total. The number of rotatable bonds is 5. The first-order chi connectivity index (χ1) is 11.7. The molecule has 1 fully saturated rings. The summed E-state index contributed by atoms with van der Waals surface area (Å²) in [6, 6.07) is 6.10. The van der Waals surface area contributed by atoms with Crippen LogP contribution in [-0.4, -0.2) is 35.3 Å². The largest absolute Gasteiger partial charge is 0.493 e. The number of nitrogens with zero attached hydrogens (tertiary/aromatic N) is 1. The maximum Gasteiger partial charge on any atom is 0.407 e. The number of likely N-dealkylation sites (tertiary alicyclic amines) is 1. The molecule has 2 unspecified atom stereocenters. The number of amides is 1. The quantitative estimate of drug-likeness (QED) is 0.629. The van der Waals surface area contributed by atoms with Crippen molar-refractivity contribution in [3.05, 3.63) is 28.2 Å². The zero-order valence-electron chi connectivity index (χ0n) is 15.7. The number of hydrogen-bond acceptors (Lipinski definition) is 2. The van der Waals surface area contributed by atoms with Gasteiger partial charge in [-0.25, -0.2) is 4.79 Å². The number of benzene rings is 1. The molecule has 5 heteroatoms. The van der Waals surface area contributed by atoms with Gasteiger partial charge in [-0.05, 0) is 56.1 Å². The maximum atomic E-state index is 11.5. The second-order valence-electron chi connectivity index (χ2n) is 8.10. The van der Waals surface area contributed by atoms with Crippen LogP contribution in [0.15, 0.2) is 22.7 Å². The third-order valence-electron chi connectivity index (χ3n) is 5.19. The standard InChI is InChI=1S/C20H30BrNO3/c1-14-16(21)8-5-9-17(14)25-12-6-7-15-10-11-22(19(23)24)18(13-15)20(2,3)4/h5,8-9,15,18H,6-7,10-13H2,1-4H3,(H,23,24). The van der Waals surface area contributed by atoms with Crippen LogP contribution in [0.4, 0.5) is 4.79 Å². The second kappa shape index (κ2) is 8.43. The van der Waals surface area contributed by atoms with E-state index < -0.39 is 6.09 Å². The summed E-state index contributed by atoms with van der Waals surface area (Å²) in [7, 11) is 0. The van der Waals surface area contributed by atoms with E-state index in [4.69, 9.17) is 4.74 Å². The van der Waals surface area contributed by atoms with Gasteiger partial charge in [0.25, 0.3) is 0 Å². The number of carboxylic acid groups (broad SMARTS) is 1. The SMILES string of the molecule is Cc1c(Br)cccc1OCCCC1CCN(C(=O)O)C(C(C)(C)C)C1. The van der Waals surface area contributed by atoms with E-state index >= 15 is 0 Å². The molecule has 1 heterocycles. The van der Waals surface area contributed by atoms with E-state index in [1.807, 2.05) is 18.2 Å². The molecule has 1 aromatic rings. The van der Waals surface area contributed by atoms with E-state index in [-0.39, 0.29) is 11.5 Å². The summed E-state index contributed by atoms with van der Waals surface area (Å²) in [4.78, 5) is 13.1. The van der Waals surface area contributed by atoms with Gasteiger partial charge in [0.1, 0.15) is 5.75 Å². The van der Waals surface area contributed by atoms with E-state index in [1.165, 1.54) is 0 Å². The van der Waals surface area contributed by atoms with Crippen LogP contribution >= 0.6 is 15.9 Å². The van der Waals surface area contributed by atoms with Gasteiger partial charge in [0.05, 0.1) is 6.61 Å². The minimum atomic E-state index is -0.785. The lowest BCUT2D eigenvalue weighted by molar-refractivity contribution is 0.0379. The van der Waals surface area contributed by atoms with Crippen molar-refractivity contribution in [1.82, 2.24) is 4.90 Å². The van der Waals surface area contributed by atoms with Gasteiger partial charge in [0, 0.05) is 22.6 Å². The monoisotopic (exact) mass is 411 g/mol. The van der Waals surface area contributed by atoms with Gasteiger partial charge in [-0.1, -0.05) is 42.8 Å². The Kier molecular flexibility index (Phi) is 6.78. The Bertz CT molecular complexity index is 597. The van der Waals surface area contributed by atoms with Crippen molar-refractivity contribution >= 4 is 22.0 Å². The van der Waals surface area contributed by atoms with Crippen LogP contribution in [0, 0.1) is 18.3 Å². The number of halogens is 1. The van der Waals surface area contributed by atoms with Gasteiger partial charge in [0.15, 0.2) is 0 Å². The van der Waals surface area contributed by atoms with E-state index in [1.54, 1.807) is 4.90 Å². The molecule has 0 saturated carbocycles. The van der Waals surface area contributed by atoms with E-state index in [0.29, 0.717) is 19.1 Å². The molecule has 25 heavy (non-hydrogen) atoms. The minimum absolute atomic E-state index is 0.0268. The third-order valence-corrected chi connectivity index (χ3v) is 6.05. The molecule has 1 amide bonds. The number of hydrogen-bond donors (Lipinski definition) is 1. The van der Waals surface area contributed by atoms with Crippen molar-refractivity contribution < 1.29 is 14.6 Å². The zero-order chi connectivity index (χ0) is 18.6. The average Bonchev–Trinajstić information content (AvgIpc) is 2.54. The summed E-state index contributed by atoms with van der Waals surface area (Å²) in [6.07, 6.45) is 3.21. The number of piperidine rings is 1. The van der Waals surface area contributed by atoms with E-state index in [9.17, 15) is 9.90 Å². The Morgan fingerprint density at radius 1 is 1.40 bits per heavy atom. The van der Waals surface area contributed by atoms with Crippen molar-refractivity contribution in [2.24, 2.45) is 11.3 Å². The summed E-state index contributed by atoms with van der Waals surface area (Å²) in [5.74, 6) is 1.51. The van der Waals surface area contributed by atoms with Crippen molar-refractivity contribution in [3.8, 4) is 5.75 Å². The van der Waals surface area contributed by atoms with Crippen LogP contribution in [0.5, 0.6) is 5.75 Å². The Morgan fingerprint density at radius 2 is 2.12 bits per heavy atom. The van der Waals surface area contributed by atoms with Crippen molar-refractivity contribution in [1.29, 1.82) is 0 Å². The molecule has 1 aliphatic heterocycles. The van der Waals surface area contributed by atoms with Crippen molar-refractivity contribution in [3.63, 3.8) is 0 Å². The van der Waals surface area contributed by atoms with E-state index in [2.05, 4.69) is 43.6 Å². The fourth-order valence-electron chi connectivity index (χ4n) is 3.65. The Labute approximate surface area is 159 Å². The molecule has 2 atom stereocenters. The topological polar surface area (TPSA) is 49.8 Å². The molecule has 2 rings (SSSR count). The maximum absolute atomic E-state index is 11.5. The first-order valence-corrected chi connectivity index (χ1v) is 9.87. The fourth-order valence-corrected chi connectivity index (χ4v) is 4.00. The predicted octanol–water partition coefficient (Wildman–Crippen LogP) is 5.72. The van der Waals surface area contributed by atoms with Gasteiger partial charge >= 0.3 is 6.09 Å². The third kappa shape index (κ3) is 5.37. The normalized spacial score (nSPS) is 21.2. The molecule has 0 aromatic heterocycles. The summed E-state index contributed by atoms with van der Waals surface area (Å²) in [5, 5.41) is 9.45. The fraction of sp³-hybridized carbons (Fsp3) is 0.650. The van der Waals surface area contributed by atoms with Gasteiger partial charge in [0.2, 0.25) is 0 Å². The van der Waals surface area contributed by atoms with Crippen molar-refractivity contribution in [2.45, 2.75) is 59.4 Å². The van der Waals surface area contributed by atoms with Gasteiger partial charge in [-0.15, -0.1) is 0 Å². The average molecular weight is 412 g/mol. The molecule has 1 aromatic carbocycles. The molecular formula is C20H30BrNO3. The summed E-state index contributed by atoms with van der Waals surface area (Å²) < 4.78 is 7.00. The lowest BCUT2D eigenvalue weighted by Gasteiger charge is -2.44. The molecule has 1 aliphatic rings. The van der Waals surface area contributed by atoms with Gasteiger partial charge < -0.3 is 14.7 Å². The number of ether oxygens (including phenoxy) is 1. The zero-order valence-corrected chi connectivity index (χ0v) is 17.3. The van der Waals surface area contributed by atoms with Gasteiger partial charge in [-0.2, -0.15) is 0 Å². The predicted molar refractivity (Wildman–Crippen MR) is 104 cm³/mol. The van der Waals surface area contributed by atoms with E-state index in [0.717, 1.165) is 41.5 Å². The summed E-state index contributed by atoms with van der Waals surface area (Å²) in [5.41, 5.74) is 1.10.